The molecule has 98 valence electrons. The van der Waals surface area contributed by atoms with Crippen LogP contribution in [0.3, 0.4) is 0 Å². The number of hydrogen-bond acceptors (Lipinski definition) is 2. The van der Waals surface area contributed by atoms with Gasteiger partial charge in [-0.25, -0.2) is 0 Å². The van der Waals surface area contributed by atoms with E-state index in [-0.39, 0.29) is 0 Å². The molecule has 3 aliphatic rings. The Hall–Kier alpha value is -0.900. The van der Waals surface area contributed by atoms with Gasteiger partial charge >= 0.3 is 0 Å². The molecule has 2 bridgehead atoms. The second-order valence-corrected chi connectivity index (χ2v) is 6.19. The van der Waals surface area contributed by atoms with Crippen molar-refractivity contribution >= 4 is 23.0 Å². The van der Waals surface area contributed by atoms with Gasteiger partial charge in [-0.05, 0) is 55.7 Å². The Morgan fingerprint density at radius 1 is 1.44 bits per heavy atom. The number of fused-ring (bicyclic) bond motifs is 5. The summed E-state index contributed by atoms with van der Waals surface area (Å²) < 4.78 is 0. The zero-order valence-electron chi connectivity index (χ0n) is 10.7. The molecule has 0 saturated heterocycles. The summed E-state index contributed by atoms with van der Waals surface area (Å²) in [5.74, 6) is 3.61. The SMILES string of the molecule is C=CCNC(=S)NN=C1C[C@H]2C[C@H]1[C@H]1CCC[C@@H]21. The molecule has 3 aliphatic carbocycles. The van der Waals surface area contributed by atoms with Crippen molar-refractivity contribution in [2.75, 3.05) is 6.54 Å². The van der Waals surface area contributed by atoms with Crippen LogP contribution in [-0.2, 0) is 0 Å². The second-order valence-electron chi connectivity index (χ2n) is 5.78. The van der Waals surface area contributed by atoms with E-state index in [1.54, 1.807) is 6.08 Å². The average molecular weight is 263 g/mol. The van der Waals surface area contributed by atoms with Gasteiger partial charge in [-0.3, -0.25) is 5.43 Å². The summed E-state index contributed by atoms with van der Waals surface area (Å²) in [6.07, 6.45) is 8.69. The van der Waals surface area contributed by atoms with Crippen LogP contribution in [0.25, 0.3) is 0 Å². The maximum Gasteiger partial charge on any atom is 0.187 e. The first-order chi connectivity index (χ1) is 8.79. The van der Waals surface area contributed by atoms with Crippen LogP contribution in [0.2, 0.25) is 0 Å². The van der Waals surface area contributed by atoms with Gasteiger partial charge in [0.2, 0.25) is 0 Å². The molecule has 0 radical (unpaired) electrons. The molecule has 3 nitrogen and oxygen atoms in total. The molecular weight excluding hydrogens is 242 g/mol. The van der Waals surface area contributed by atoms with E-state index in [1.807, 2.05) is 0 Å². The quantitative estimate of drug-likeness (QED) is 0.466. The molecule has 4 heteroatoms. The maximum atomic E-state index is 5.16. The number of nitrogens with one attached hydrogen (secondary N) is 2. The molecule has 2 N–H and O–H groups in total. The lowest BCUT2D eigenvalue weighted by molar-refractivity contribution is 0.333. The van der Waals surface area contributed by atoms with Crippen LogP contribution in [0.4, 0.5) is 0 Å². The molecule has 0 amide bonds. The van der Waals surface area contributed by atoms with Crippen molar-refractivity contribution in [1.29, 1.82) is 0 Å². The summed E-state index contributed by atoms with van der Waals surface area (Å²) in [4.78, 5) is 0. The first-order valence-electron chi connectivity index (χ1n) is 7.00. The Kier molecular flexibility index (Phi) is 3.37. The van der Waals surface area contributed by atoms with Gasteiger partial charge in [0.25, 0.3) is 0 Å². The minimum atomic E-state index is 0.605. The van der Waals surface area contributed by atoms with Gasteiger partial charge in [0.15, 0.2) is 5.11 Å². The van der Waals surface area contributed by atoms with Crippen LogP contribution in [0.5, 0.6) is 0 Å². The Bertz CT molecular complexity index is 391. The van der Waals surface area contributed by atoms with E-state index in [1.165, 1.54) is 37.8 Å². The Morgan fingerprint density at radius 2 is 2.28 bits per heavy atom. The second kappa shape index (κ2) is 5.00. The number of thiocarbonyl (C=S) groups is 1. The van der Waals surface area contributed by atoms with Crippen LogP contribution in [0.15, 0.2) is 17.8 Å². The van der Waals surface area contributed by atoms with E-state index in [4.69, 9.17) is 12.2 Å². The molecular formula is C14H21N3S. The summed E-state index contributed by atoms with van der Waals surface area (Å²) in [7, 11) is 0. The number of hydrogen-bond donors (Lipinski definition) is 2. The molecule has 0 unspecified atom stereocenters. The molecule has 18 heavy (non-hydrogen) atoms. The van der Waals surface area contributed by atoms with E-state index < -0.39 is 0 Å². The lowest BCUT2D eigenvalue weighted by Gasteiger charge is -2.25. The molecule has 0 aromatic carbocycles. The highest BCUT2D eigenvalue weighted by Gasteiger charge is 2.52. The third-order valence-corrected chi connectivity index (χ3v) is 5.15. The minimum absolute atomic E-state index is 0.605. The molecule has 3 saturated carbocycles. The first kappa shape index (κ1) is 12.2. The van der Waals surface area contributed by atoms with Crippen molar-refractivity contribution in [2.24, 2.45) is 28.8 Å². The third-order valence-electron chi connectivity index (χ3n) is 4.91. The fraction of sp³-hybridized carbons (Fsp3) is 0.714. The monoisotopic (exact) mass is 263 g/mol. The molecule has 0 heterocycles. The normalized spacial score (nSPS) is 38.8. The third kappa shape index (κ3) is 2.07. The summed E-state index contributed by atoms with van der Waals surface area (Å²) >= 11 is 5.16. The van der Waals surface area contributed by atoms with Gasteiger partial charge in [0.1, 0.15) is 0 Å². The Labute approximate surface area is 114 Å². The summed E-state index contributed by atoms with van der Waals surface area (Å²) in [6, 6.07) is 0. The van der Waals surface area contributed by atoms with E-state index >= 15 is 0 Å². The summed E-state index contributed by atoms with van der Waals surface area (Å²) in [5.41, 5.74) is 4.35. The largest absolute Gasteiger partial charge is 0.358 e. The highest BCUT2D eigenvalue weighted by atomic mass is 32.1. The van der Waals surface area contributed by atoms with Gasteiger partial charge in [-0.1, -0.05) is 12.5 Å². The lowest BCUT2D eigenvalue weighted by Crippen LogP contribution is -2.34. The Morgan fingerprint density at radius 3 is 3.11 bits per heavy atom. The summed E-state index contributed by atoms with van der Waals surface area (Å²) in [6.45, 7) is 4.34. The number of hydrazone groups is 1. The standard InChI is InChI=1S/C14H21N3S/c1-2-6-15-14(18)17-16-13-8-9-7-12(13)11-5-3-4-10(9)11/h2,9-12H,1,3-8H2,(H2,15,17,18)/t9-,10+,11+,12+/m1/s1. The molecule has 3 rings (SSSR count). The minimum Gasteiger partial charge on any atom is -0.358 e. The van der Waals surface area contributed by atoms with Crippen molar-refractivity contribution in [3.8, 4) is 0 Å². The molecule has 0 aliphatic heterocycles. The molecule has 4 atom stereocenters. The fourth-order valence-corrected chi connectivity index (χ4v) is 4.40. The average Bonchev–Trinajstić information content (AvgIpc) is 3.04. The van der Waals surface area contributed by atoms with Gasteiger partial charge in [0.05, 0.1) is 0 Å². The lowest BCUT2D eigenvalue weighted by atomic mass is 9.81. The van der Waals surface area contributed by atoms with E-state index in [0.717, 1.165) is 23.7 Å². The zero-order valence-corrected chi connectivity index (χ0v) is 11.5. The van der Waals surface area contributed by atoms with Crippen molar-refractivity contribution < 1.29 is 0 Å². The highest BCUT2D eigenvalue weighted by molar-refractivity contribution is 7.80. The molecule has 0 aromatic rings. The predicted octanol–water partition coefficient (Wildman–Crippen LogP) is 2.45. The van der Waals surface area contributed by atoms with E-state index in [2.05, 4.69) is 22.4 Å². The van der Waals surface area contributed by atoms with E-state index in [9.17, 15) is 0 Å². The number of rotatable bonds is 3. The van der Waals surface area contributed by atoms with Crippen LogP contribution >= 0.6 is 12.2 Å². The van der Waals surface area contributed by atoms with Crippen LogP contribution in [0.1, 0.15) is 32.1 Å². The predicted molar refractivity (Wildman–Crippen MR) is 78.4 cm³/mol. The number of nitrogens with zero attached hydrogens (tertiary/aromatic N) is 1. The van der Waals surface area contributed by atoms with Gasteiger partial charge in [0, 0.05) is 18.2 Å². The van der Waals surface area contributed by atoms with Gasteiger partial charge < -0.3 is 5.32 Å². The summed E-state index contributed by atoms with van der Waals surface area (Å²) in [5, 5.41) is 8.19. The van der Waals surface area contributed by atoms with Crippen LogP contribution < -0.4 is 10.7 Å². The molecule has 0 spiro atoms. The molecule has 3 fully saturated rings. The van der Waals surface area contributed by atoms with Crippen molar-refractivity contribution in [3.63, 3.8) is 0 Å². The van der Waals surface area contributed by atoms with Crippen molar-refractivity contribution in [3.05, 3.63) is 12.7 Å². The van der Waals surface area contributed by atoms with Crippen LogP contribution in [-0.4, -0.2) is 17.4 Å². The van der Waals surface area contributed by atoms with Crippen molar-refractivity contribution in [2.45, 2.75) is 32.1 Å². The van der Waals surface area contributed by atoms with Crippen molar-refractivity contribution in [1.82, 2.24) is 10.7 Å². The van der Waals surface area contributed by atoms with Gasteiger partial charge in [-0.2, -0.15) is 5.10 Å². The zero-order chi connectivity index (χ0) is 12.5. The fourth-order valence-electron chi connectivity index (χ4n) is 4.27. The first-order valence-corrected chi connectivity index (χ1v) is 7.41. The van der Waals surface area contributed by atoms with Crippen LogP contribution in [0, 0.1) is 23.7 Å². The molecule has 0 aromatic heterocycles. The highest BCUT2D eigenvalue weighted by Crippen LogP contribution is 2.57. The van der Waals surface area contributed by atoms with E-state index in [0.29, 0.717) is 11.7 Å². The maximum absolute atomic E-state index is 5.16. The Balaban J connectivity index is 1.58. The smallest absolute Gasteiger partial charge is 0.187 e. The topological polar surface area (TPSA) is 36.4 Å². The van der Waals surface area contributed by atoms with Gasteiger partial charge in [-0.15, -0.1) is 6.58 Å².